The van der Waals surface area contributed by atoms with Crippen LogP contribution < -0.4 is 5.73 Å². The third-order valence-electron chi connectivity index (χ3n) is 6.53. The molecule has 1 saturated heterocycles. The van der Waals surface area contributed by atoms with Crippen LogP contribution in [0.2, 0.25) is 0 Å². The van der Waals surface area contributed by atoms with Gasteiger partial charge in [-0.05, 0) is 74.9 Å². The molecule has 3 heterocycles. The highest BCUT2D eigenvalue weighted by Gasteiger charge is 2.40. The number of aromatic nitrogens is 3. The average Bonchev–Trinajstić information content (AvgIpc) is 3.30. The summed E-state index contributed by atoms with van der Waals surface area (Å²) in [6.07, 6.45) is 7.84. The zero-order chi connectivity index (χ0) is 18.9. The van der Waals surface area contributed by atoms with Crippen molar-refractivity contribution in [2.75, 3.05) is 13.1 Å². The Balaban J connectivity index is 1.46. The number of para-hydroxylation sites is 2. The highest BCUT2D eigenvalue weighted by atomic mass is 15.2. The highest BCUT2D eigenvalue weighted by Crippen LogP contribution is 2.44. The summed E-state index contributed by atoms with van der Waals surface area (Å²) in [7, 11) is 0. The summed E-state index contributed by atoms with van der Waals surface area (Å²) in [5.41, 5.74) is 10.8. The third-order valence-corrected chi connectivity index (χ3v) is 6.53. The summed E-state index contributed by atoms with van der Waals surface area (Å²) in [6.45, 7) is 3.77. The van der Waals surface area contributed by atoms with Crippen molar-refractivity contribution < 1.29 is 0 Å². The predicted octanol–water partition coefficient (Wildman–Crippen LogP) is 3.68. The number of hydrogen-bond acceptors (Lipinski definition) is 4. The van der Waals surface area contributed by atoms with Crippen molar-refractivity contribution in [1.82, 2.24) is 19.4 Å². The molecule has 2 aliphatic rings. The predicted molar refractivity (Wildman–Crippen MR) is 112 cm³/mol. The van der Waals surface area contributed by atoms with Crippen LogP contribution in [0, 0.1) is 5.92 Å². The van der Waals surface area contributed by atoms with Gasteiger partial charge in [-0.25, -0.2) is 4.98 Å². The Morgan fingerprint density at radius 1 is 1.07 bits per heavy atom. The SMILES string of the molecule is NCCCCn1c(CN2CC[C@@H]3CCc4cccnc4[C@H]32)nc2ccccc21. The minimum absolute atomic E-state index is 0.447. The summed E-state index contributed by atoms with van der Waals surface area (Å²) >= 11 is 0. The van der Waals surface area contributed by atoms with Crippen molar-refractivity contribution in [1.29, 1.82) is 0 Å². The fourth-order valence-corrected chi connectivity index (χ4v) is 5.16. The second kappa shape index (κ2) is 7.64. The molecule has 1 aromatic carbocycles. The lowest BCUT2D eigenvalue weighted by molar-refractivity contribution is 0.195. The number of rotatable bonds is 6. The monoisotopic (exact) mass is 375 g/mol. The van der Waals surface area contributed by atoms with Crippen molar-refractivity contribution in [2.45, 2.75) is 51.2 Å². The molecule has 0 unspecified atom stereocenters. The Hall–Kier alpha value is -2.24. The topological polar surface area (TPSA) is 60.0 Å². The van der Waals surface area contributed by atoms with E-state index in [9.17, 15) is 0 Å². The maximum atomic E-state index is 5.73. The molecule has 1 aliphatic heterocycles. The van der Waals surface area contributed by atoms with Gasteiger partial charge in [0.2, 0.25) is 0 Å². The summed E-state index contributed by atoms with van der Waals surface area (Å²) in [5, 5.41) is 0. The molecule has 1 aliphatic carbocycles. The molecular weight excluding hydrogens is 346 g/mol. The summed E-state index contributed by atoms with van der Waals surface area (Å²) in [6, 6.07) is 13.3. The quantitative estimate of drug-likeness (QED) is 0.668. The van der Waals surface area contributed by atoms with E-state index in [4.69, 9.17) is 15.7 Å². The van der Waals surface area contributed by atoms with E-state index in [0.29, 0.717) is 6.04 Å². The smallest absolute Gasteiger partial charge is 0.124 e. The Bertz CT molecular complexity index is 963. The molecular formula is C23H29N5. The Kier molecular flexibility index (Phi) is 4.87. The van der Waals surface area contributed by atoms with Crippen LogP contribution in [-0.2, 0) is 19.5 Å². The van der Waals surface area contributed by atoms with Gasteiger partial charge in [0.05, 0.1) is 29.3 Å². The molecule has 5 nitrogen and oxygen atoms in total. The number of benzene rings is 1. The van der Waals surface area contributed by atoms with E-state index in [1.54, 1.807) is 0 Å². The van der Waals surface area contributed by atoms with Gasteiger partial charge in [-0.1, -0.05) is 18.2 Å². The lowest BCUT2D eigenvalue weighted by Crippen LogP contribution is -2.30. The number of nitrogens with zero attached hydrogens (tertiary/aromatic N) is 4. The van der Waals surface area contributed by atoms with Crippen molar-refractivity contribution in [2.24, 2.45) is 11.7 Å². The minimum atomic E-state index is 0.447. The molecule has 28 heavy (non-hydrogen) atoms. The van der Waals surface area contributed by atoms with Gasteiger partial charge in [-0.3, -0.25) is 9.88 Å². The minimum Gasteiger partial charge on any atom is -0.330 e. The first kappa shape index (κ1) is 17.8. The van der Waals surface area contributed by atoms with E-state index in [1.165, 1.54) is 41.9 Å². The number of unbranched alkanes of at least 4 members (excludes halogenated alkanes) is 1. The molecule has 0 spiro atoms. The van der Waals surface area contributed by atoms with Crippen molar-refractivity contribution in [3.8, 4) is 0 Å². The van der Waals surface area contributed by atoms with Gasteiger partial charge < -0.3 is 10.3 Å². The molecule has 3 aromatic rings. The molecule has 146 valence electrons. The Morgan fingerprint density at radius 3 is 2.93 bits per heavy atom. The lowest BCUT2D eigenvalue weighted by atomic mass is 9.83. The van der Waals surface area contributed by atoms with E-state index in [-0.39, 0.29) is 0 Å². The summed E-state index contributed by atoms with van der Waals surface area (Å²) in [4.78, 5) is 12.4. The number of pyridine rings is 1. The third kappa shape index (κ3) is 3.12. The van der Waals surface area contributed by atoms with Crippen LogP contribution in [0.15, 0.2) is 42.6 Å². The van der Waals surface area contributed by atoms with Crippen LogP contribution in [-0.4, -0.2) is 32.5 Å². The number of nitrogens with two attached hydrogens (primary N) is 1. The number of fused-ring (bicyclic) bond motifs is 4. The van der Waals surface area contributed by atoms with Gasteiger partial charge in [0.1, 0.15) is 5.82 Å². The first-order chi connectivity index (χ1) is 13.8. The summed E-state index contributed by atoms with van der Waals surface area (Å²) in [5.74, 6) is 1.92. The first-order valence-corrected chi connectivity index (χ1v) is 10.7. The highest BCUT2D eigenvalue weighted by molar-refractivity contribution is 5.75. The van der Waals surface area contributed by atoms with Crippen LogP contribution in [0.4, 0.5) is 0 Å². The molecule has 2 atom stereocenters. The zero-order valence-corrected chi connectivity index (χ0v) is 16.4. The van der Waals surface area contributed by atoms with E-state index in [0.717, 1.165) is 50.5 Å². The molecule has 5 heteroatoms. The lowest BCUT2D eigenvalue weighted by Gasteiger charge is -2.32. The maximum Gasteiger partial charge on any atom is 0.124 e. The molecule has 0 amide bonds. The number of hydrogen-bond donors (Lipinski definition) is 1. The van der Waals surface area contributed by atoms with Crippen LogP contribution in [0.3, 0.4) is 0 Å². The van der Waals surface area contributed by atoms with Gasteiger partial charge in [-0.15, -0.1) is 0 Å². The molecule has 5 rings (SSSR count). The fraction of sp³-hybridized carbons (Fsp3) is 0.478. The fourth-order valence-electron chi connectivity index (χ4n) is 5.16. The number of imidazole rings is 1. The molecule has 2 aromatic heterocycles. The van der Waals surface area contributed by atoms with Crippen molar-refractivity contribution in [3.63, 3.8) is 0 Å². The van der Waals surface area contributed by atoms with Crippen molar-refractivity contribution >= 4 is 11.0 Å². The Labute approximate surface area is 166 Å². The van der Waals surface area contributed by atoms with E-state index in [2.05, 4.69) is 45.9 Å². The standard InChI is InChI=1S/C23H29N5/c24-12-3-4-14-28-20-8-2-1-7-19(20)26-21(28)16-27-15-11-18-10-9-17-6-5-13-25-22(17)23(18)27/h1-2,5-8,13,18,23H,3-4,9-12,14-16,24H2/t18-,23-/m0/s1. The van der Waals surface area contributed by atoms with E-state index < -0.39 is 0 Å². The molecule has 0 bridgehead atoms. The summed E-state index contributed by atoms with van der Waals surface area (Å²) < 4.78 is 2.42. The van der Waals surface area contributed by atoms with Crippen molar-refractivity contribution in [3.05, 3.63) is 59.7 Å². The first-order valence-electron chi connectivity index (χ1n) is 10.7. The second-order valence-corrected chi connectivity index (χ2v) is 8.21. The van der Waals surface area contributed by atoms with Gasteiger partial charge in [0, 0.05) is 12.7 Å². The maximum absolute atomic E-state index is 5.73. The molecule has 0 radical (unpaired) electrons. The van der Waals surface area contributed by atoms with Crippen LogP contribution in [0.1, 0.15) is 48.8 Å². The second-order valence-electron chi connectivity index (χ2n) is 8.21. The molecule has 2 N–H and O–H groups in total. The van der Waals surface area contributed by atoms with Gasteiger partial charge in [0.15, 0.2) is 0 Å². The van der Waals surface area contributed by atoms with Crippen LogP contribution in [0.5, 0.6) is 0 Å². The molecule has 0 saturated carbocycles. The van der Waals surface area contributed by atoms with Gasteiger partial charge >= 0.3 is 0 Å². The molecule has 1 fully saturated rings. The van der Waals surface area contributed by atoms with Crippen LogP contribution in [0.25, 0.3) is 11.0 Å². The Morgan fingerprint density at radius 2 is 2.00 bits per heavy atom. The number of aryl methyl sites for hydroxylation is 2. The largest absolute Gasteiger partial charge is 0.330 e. The van der Waals surface area contributed by atoms with E-state index >= 15 is 0 Å². The van der Waals surface area contributed by atoms with Gasteiger partial charge in [0.25, 0.3) is 0 Å². The van der Waals surface area contributed by atoms with Gasteiger partial charge in [-0.2, -0.15) is 0 Å². The normalized spacial score (nSPS) is 21.8. The average molecular weight is 376 g/mol. The zero-order valence-electron chi connectivity index (χ0n) is 16.4. The van der Waals surface area contributed by atoms with E-state index in [1.807, 2.05) is 6.20 Å². The number of likely N-dealkylation sites (tertiary alicyclic amines) is 1. The van der Waals surface area contributed by atoms with Crippen LogP contribution >= 0.6 is 0 Å².